The van der Waals surface area contributed by atoms with Crippen molar-refractivity contribution in [1.82, 2.24) is 0 Å². The average Bonchev–Trinajstić information content (AvgIpc) is 2.33. The molecule has 0 radical (unpaired) electrons. The van der Waals surface area contributed by atoms with Crippen LogP contribution in [0.25, 0.3) is 0 Å². The van der Waals surface area contributed by atoms with E-state index in [4.69, 9.17) is 15.4 Å². The Bertz CT molecular complexity index is 765. The van der Waals surface area contributed by atoms with E-state index in [1.807, 2.05) is 0 Å². The summed E-state index contributed by atoms with van der Waals surface area (Å²) in [5, 5.41) is 0. The fourth-order valence-electron chi connectivity index (χ4n) is 1.39. The van der Waals surface area contributed by atoms with Crippen LogP contribution in [0.5, 0.6) is 11.5 Å². The zero-order valence-corrected chi connectivity index (χ0v) is 14.4. The second kappa shape index (κ2) is 6.01. The molecule has 3 nitrogen and oxygen atoms in total. The van der Waals surface area contributed by atoms with Crippen molar-refractivity contribution in [2.75, 3.05) is 0 Å². The first-order valence-electron chi connectivity index (χ1n) is 5.14. The largest absolute Gasteiger partial charge is 0.453 e. The molecule has 0 aliphatic carbocycles. The Labute approximate surface area is 136 Å². The normalized spacial score (nSPS) is 11.4. The molecule has 0 N–H and O–H groups in total. The fourth-order valence-corrected chi connectivity index (χ4v) is 3.11. The molecule has 0 atom stereocenters. The molecule has 8 heteroatoms. The standard InChI is InChI=1S/C12H6Br2ClFO3S/c13-7-1-3-12(10(16)5-7)19-11-4-2-8(6-9(11)14)20(15,17)18/h1-6H. The first-order chi connectivity index (χ1) is 9.27. The number of hydrogen-bond acceptors (Lipinski definition) is 3. The van der Waals surface area contributed by atoms with Crippen molar-refractivity contribution in [3.8, 4) is 11.5 Å². The van der Waals surface area contributed by atoms with Gasteiger partial charge in [-0.15, -0.1) is 0 Å². The van der Waals surface area contributed by atoms with Crippen molar-refractivity contribution < 1.29 is 17.5 Å². The molecule has 0 unspecified atom stereocenters. The van der Waals surface area contributed by atoms with Crippen molar-refractivity contribution in [1.29, 1.82) is 0 Å². The Kier molecular flexibility index (Phi) is 4.73. The molecule has 106 valence electrons. The molecule has 0 fully saturated rings. The minimum absolute atomic E-state index is 0.0235. The summed E-state index contributed by atoms with van der Waals surface area (Å²) in [6, 6.07) is 8.30. The summed E-state index contributed by atoms with van der Waals surface area (Å²) < 4.78 is 42.3. The fraction of sp³-hybridized carbons (Fsp3) is 0. The smallest absolute Gasteiger partial charge is 0.261 e. The highest BCUT2D eigenvalue weighted by Gasteiger charge is 2.14. The van der Waals surface area contributed by atoms with E-state index >= 15 is 0 Å². The summed E-state index contributed by atoms with van der Waals surface area (Å²) >= 11 is 6.30. The maximum atomic E-state index is 13.6. The van der Waals surface area contributed by atoms with Gasteiger partial charge >= 0.3 is 0 Å². The summed E-state index contributed by atoms with van der Waals surface area (Å²) in [5.74, 6) is -0.244. The number of benzene rings is 2. The first kappa shape index (κ1) is 15.8. The van der Waals surface area contributed by atoms with Gasteiger partial charge in [0.2, 0.25) is 0 Å². The molecule has 0 saturated carbocycles. The maximum Gasteiger partial charge on any atom is 0.261 e. The van der Waals surface area contributed by atoms with E-state index in [0.29, 0.717) is 8.95 Å². The van der Waals surface area contributed by atoms with Crippen LogP contribution in [0.2, 0.25) is 0 Å². The van der Waals surface area contributed by atoms with E-state index in [0.717, 1.165) is 0 Å². The van der Waals surface area contributed by atoms with Gasteiger partial charge < -0.3 is 4.74 Å². The summed E-state index contributed by atoms with van der Waals surface area (Å²) in [6.07, 6.45) is 0. The molecular weight excluding hydrogens is 438 g/mol. The van der Waals surface area contributed by atoms with Gasteiger partial charge in [0.1, 0.15) is 5.75 Å². The van der Waals surface area contributed by atoms with Crippen LogP contribution in [0.4, 0.5) is 4.39 Å². The summed E-state index contributed by atoms with van der Waals surface area (Å²) in [5.41, 5.74) is 0. The van der Waals surface area contributed by atoms with E-state index in [2.05, 4.69) is 31.9 Å². The molecule has 2 aromatic carbocycles. The molecule has 0 spiro atoms. The van der Waals surface area contributed by atoms with Crippen molar-refractivity contribution in [3.63, 3.8) is 0 Å². The molecule has 0 saturated heterocycles. The minimum Gasteiger partial charge on any atom is -0.453 e. The second-order valence-corrected chi connectivity index (χ2v) is 8.04. The van der Waals surface area contributed by atoms with E-state index in [-0.39, 0.29) is 16.4 Å². The van der Waals surface area contributed by atoms with Crippen LogP contribution in [0.1, 0.15) is 0 Å². The van der Waals surface area contributed by atoms with Gasteiger partial charge in [0, 0.05) is 15.2 Å². The molecule has 0 aromatic heterocycles. The summed E-state index contributed by atoms with van der Waals surface area (Å²) in [7, 11) is 1.41. The molecule has 0 amide bonds. The van der Waals surface area contributed by atoms with Crippen LogP contribution in [-0.4, -0.2) is 8.42 Å². The molecule has 0 aliphatic heterocycles. The quantitative estimate of drug-likeness (QED) is 0.621. The molecule has 0 aliphatic rings. The van der Waals surface area contributed by atoms with Crippen LogP contribution in [-0.2, 0) is 9.05 Å². The van der Waals surface area contributed by atoms with Gasteiger partial charge in [-0.2, -0.15) is 0 Å². The third-order valence-electron chi connectivity index (χ3n) is 2.30. The summed E-state index contributed by atoms with van der Waals surface area (Å²) in [4.78, 5) is -0.0744. The van der Waals surface area contributed by atoms with Gasteiger partial charge in [0.05, 0.1) is 9.37 Å². The van der Waals surface area contributed by atoms with E-state index in [1.165, 1.54) is 30.3 Å². The van der Waals surface area contributed by atoms with Crippen molar-refractivity contribution in [2.45, 2.75) is 4.90 Å². The lowest BCUT2D eigenvalue weighted by Gasteiger charge is -2.09. The highest BCUT2D eigenvalue weighted by molar-refractivity contribution is 9.10. The topological polar surface area (TPSA) is 43.4 Å². The zero-order chi connectivity index (χ0) is 14.9. The van der Waals surface area contributed by atoms with Crippen molar-refractivity contribution >= 4 is 51.6 Å². The van der Waals surface area contributed by atoms with Crippen LogP contribution in [0.3, 0.4) is 0 Å². The van der Waals surface area contributed by atoms with Crippen LogP contribution < -0.4 is 4.74 Å². The second-order valence-electron chi connectivity index (χ2n) is 3.71. The van der Waals surface area contributed by atoms with Gasteiger partial charge in [-0.25, -0.2) is 12.8 Å². The number of halogens is 4. The lowest BCUT2D eigenvalue weighted by molar-refractivity contribution is 0.439. The Morgan fingerprint density at radius 2 is 1.70 bits per heavy atom. The van der Waals surface area contributed by atoms with Gasteiger partial charge in [-0.3, -0.25) is 0 Å². The summed E-state index contributed by atoms with van der Waals surface area (Å²) in [6.45, 7) is 0. The Hall–Kier alpha value is -0.630. The maximum absolute atomic E-state index is 13.6. The lowest BCUT2D eigenvalue weighted by Crippen LogP contribution is -1.93. The third kappa shape index (κ3) is 3.72. The van der Waals surface area contributed by atoms with E-state index in [9.17, 15) is 12.8 Å². The van der Waals surface area contributed by atoms with Gasteiger partial charge in [-0.05, 0) is 52.3 Å². The molecule has 0 heterocycles. The third-order valence-corrected chi connectivity index (χ3v) is 4.76. The minimum atomic E-state index is -3.82. The van der Waals surface area contributed by atoms with Crippen LogP contribution in [0, 0.1) is 5.82 Å². The Balaban J connectivity index is 2.35. The Morgan fingerprint density at radius 1 is 1.05 bits per heavy atom. The zero-order valence-electron chi connectivity index (χ0n) is 9.61. The highest BCUT2D eigenvalue weighted by Crippen LogP contribution is 2.34. The van der Waals surface area contributed by atoms with Gasteiger partial charge in [0.25, 0.3) is 9.05 Å². The van der Waals surface area contributed by atoms with Crippen molar-refractivity contribution in [3.05, 3.63) is 51.2 Å². The SMILES string of the molecule is O=S(=O)(Cl)c1ccc(Oc2ccc(Br)cc2F)c(Br)c1. The molecular formula is C12H6Br2ClFO3S. The van der Waals surface area contributed by atoms with E-state index < -0.39 is 14.9 Å². The van der Waals surface area contributed by atoms with E-state index in [1.54, 1.807) is 6.07 Å². The highest BCUT2D eigenvalue weighted by atomic mass is 79.9. The van der Waals surface area contributed by atoms with Crippen LogP contribution >= 0.6 is 42.5 Å². The van der Waals surface area contributed by atoms with Gasteiger partial charge in [-0.1, -0.05) is 15.9 Å². The average molecular weight is 445 g/mol. The molecule has 20 heavy (non-hydrogen) atoms. The van der Waals surface area contributed by atoms with Crippen molar-refractivity contribution in [2.24, 2.45) is 0 Å². The molecule has 2 aromatic rings. The monoisotopic (exact) mass is 442 g/mol. The number of hydrogen-bond donors (Lipinski definition) is 0. The molecule has 2 rings (SSSR count). The Morgan fingerprint density at radius 3 is 2.25 bits per heavy atom. The first-order valence-corrected chi connectivity index (χ1v) is 9.04. The predicted octanol–water partition coefficient (Wildman–Crippen LogP) is 5.07. The number of ether oxygens (including phenoxy) is 1. The molecule has 0 bridgehead atoms. The van der Waals surface area contributed by atoms with Gasteiger partial charge in [0.15, 0.2) is 11.6 Å². The lowest BCUT2D eigenvalue weighted by atomic mass is 10.3. The number of rotatable bonds is 3. The predicted molar refractivity (Wildman–Crippen MR) is 81.4 cm³/mol. The van der Waals surface area contributed by atoms with Crippen LogP contribution in [0.15, 0.2) is 50.2 Å².